The number of carbonyl (C=O) groups is 1. The monoisotopic (exact) mass is 324 g/mol. The molecule has 3 nitrogen and oxygen atoms in total. The van der Waals surface area contributed by atoms with Crippen LogP contribution in [-0.4, -0.2) is 30.4 Å². The fourth-order valence-electron chi connectivity index (χ4n) is 2.63. The lowest BCUT2D eigenvalue weighted by Gasteiger charge is -2.20. The van der Waals surface area contributed by atoms with Crippen molar-refractivity contribution in [2.45, 2.75) is 25.7 Å². The summed E-state index contributed by atoms with van der Waals surface area (Å²) in [5.41, 5.74) is 6.86. The van der Waals surface area contributed by atoms with Gasteiger partial charge in [0.25, 0.3) is 0 Å². The van der Waals surface area contributed by atoms with Crippen LogP contribution in [-0.2, 0) is 4.79 Å². The highest BCUT2D eigenvalue weighted by Crippen LogP contribution is 2.28. The zero-order valence-corrected chi connectivity index (χ0v) is 12.9. The summed E-state index contributed by atoms with van der Waals surface area (Å²) in [6, 6.07) is 8.11. The third-order valence-electron chi connectivity index (χ3n) is 3.89. The van der Waals surface area contributed by atoms with Gasteiger partial charge in [0.2, 0.25) is 5.91 Å². The Labute approximate surface area is 123 Å². The lowest BCUT2D eigenvalue weighted by Crippen LogP contribution is -2.30. The quantitative estimate of drug-likeness (QED) is 0.925. The number of halogens is 1. The number of carbonyl (C=O) groups excluding carboxylic acids is 1. The summed E-state index contributed by atoms with van der Waals surface area (Å²) in [4.78, 5) is 14.2. The van der Waals surface area contributed by atoms with Gasteiger partial charge in [-0.25, -0.2) is 0 Å². The van der Waals surface area contributed by atoms with Crippen LogP contribution >= 0.6 is 15.9 Å². The van der Waals surface area contributed by atoms with Crippen LogP contribution in [0.1, 0.15) is 31.2 Å². The SMILES string of the molecule is CC(CC(=O)N1CCC(CN)C1)c1ccccc1Br. The summed E-state index contributed by atoms with van der Waals surface area (Å²) in [7, 11) is 0. The molecule has 1 saturated heterocycles. The molecule has 0 bridgehead atoms. The Hall–Kier alpha value is -0.870. The van der Waals surface area contributed by atoms with Crippen LogP contribution < -0.4 is 5.73 Å². The van der Waals surface area contributed by atoms with E-state index >= 15 is 0 Å². The van der Waals surface area contributed by atoms with Gasteiger partial charge < -0.3 is 10.6 Å². The van der Waals surface area contributed by atoms with E-state index in [-0.39, 0.29) is 11.8 Å². The largest absolute Gasteiger partial charge is 0.342 e. The molecule has 2 atom stereocenters. The molecule has 1 aliphatic rings. The van der Waals surface area contributed by atoms with Crippen LogP contribution in [0.5, 0.6) is 0 Å². The van der Waals surface area contributed by atoms with Crippen molar-refractivity contribution in [2.24, 2.45) is 11.7 Å². The number of rotatable bonds is 4. The first-order chi connectivity index (χ1) is 9.11. The molecule has 1 aliphatic heterocycles. The molecule has 0 aromatic heterocycles. The highest BCUT2D eigenvalue weighted by Gasteiger charge is 2.26. The number of likely N-dealkylation sites (tertiary alicyclic amines) is 1. The van der Waals surface area contributed by atoms with Gasteiger partial charge in [-0.05, 0) is 36.4 Å². The Balaban J connectivity index is 1.94. The van der Waals surface area contributed by atoms with Gasteiger partial charge in [0.1, 0.15) is 0 Å². The van der Waals surface area contributed by atoms with E-state index in [1.54, 1.807) is 0 Å². The van der Waals surface area contributed by atoms with E-state index < -0.39 is 0 Å². The third kappa shape index (κ3) is 3.57. The van der Waals surface area contributed by atoms with Gasteiger partial charge in [-0.2, -0.15) is 0 Å². The Morgan fingerprint density at radius 2 is 2.26 bits per heavy atom. The number of nitrogens with two attached hydrogens (primary N) is 1. The fraction of sp³-hybridized carbons (Fsp3) is 0.533. The molecular weight excluding hydrogens is 304 g/mol. The predicted octanol–water partition coefficient (Wildman–Crippen LogP) is 2.75. The highest BCUT2D eigenvalue weighted by molar-refractivity contribution is 9.10. The molecule has 0 aliphatic carbocycles. The first-order valence-corrected chi connectivity index (χ1v) is 7.63. The first-order valence-electron chi connectivity index (χ1n) is 6.84. The number of benzene rings is 1. The number of nitrogens with zero attached hydrogens (tertiary/aromatic N) is 1. The van der Waals surface area contributed by atoms with Gasteiger partial charge in [0, 0.05) is 24.0 Å². The van der Waals surface area contributed by atoms with Crippen molar-refractivity contribution in [3.8, 4) is 0 Å². The average molecular weight is 325 g/mol. The molecular formula is C15H21BrN2O. The Morgan fingerprint density at radius 3 is 2.89 bits per heavy atom. The second-order valence-corrected chi connectivity index (χ2v) is 6.21. The Bertz CT molecular complexity index is 450. The molecule has 104 valence electrons. The van der Waals surface area contributed by atoms with Gasteiger partial charge in [-0.15, -0.1) is 0 Å². The van der Waals surface area contributed by atoms with Crippen LogP contribution in [0, 0.1) is 5.92 Å². The molecule has 0 spiro atoms. The van der Waals surface area contributed by atoms with Gasteiger partial charge in [-0.3, -0.25) is 4.79 Å². The van der Waals surface area contributed by atoms with Crippen molar-refractivity contribution in [1.82, 2.24) is 4.90 Å². The van der Waals surface area contributed by atoms with Crippen LogP contribution in [0.4, 0.5) is 0 Å². The van der Waals surface area contributed by atoms with E-state index in [1.807, 2.05) is 23.1 Å². The smallest absolute Gasteiger partial charge is 0.223 e. The van der Waals surface area contributed by atoms with Gasteiger partial charge in [0.05, 0.1) is 0 Å². The van der Waals surface area contributed by atoms with E-state index in [9.17, 15) is 4.79 Å². The lowest BCUT2D eigenvalue weighted by molar-refractivity contribution is -0.130. The first kappa shape index (κ1) is 14.5. The number of hydrogen-bond donors (Lipinski definition) is 1. The van der Waals surface area contributed by atoms with Crippen LogP contribution in [0.15, 0.2) is 28.7 Å². The molecule has 1 aromatic carbocycles. The standard InChI is InChI=1S/C15H21BrN2O/c1-11(13-4-2-3-5-14(13)16)8-15(19)18-7-6-12(9-17)10-18/h2-5,11-12H,6-10,17H2,1H3. The normalized spacial score (nSPS) is 20.6. The zero-order chi connectivity index (χ0) is 13.8. The van der Waals surface area contributed by atoms with Crippen molar-refractivity contribution in [2.75, 3.05) is 19.6 Å². The summed E-state index contributed by atoms with van der Waals surface area (Å²) in [5, 5.41) is 0. The van der Waals surface area contributed by atoms with Crippen molar-refractivity contribution in [3.63, 3.8) is 0 Å². The average Bonchev–Trinajstić information content (AvgIpc) is 2.88. The van der Waals surface area contributed by atoms with E-state index in [0.29, 0.717) is 18.9 Å². The molecule has 4 heteroatoms. The maximum Gasteiger partial charge on any atom is 0.223 e. The summed E-state index contributed by atoms with van der Waals surface area (Å²) >= 11 is 3.55. The minimum absolute atomic E-state index is 0.236. The minimum atomic E-state index is 0.236. The molecule has 2 N–H and O–H groups in total. The second-order valence-electron chi connectivity index (χ2n) is 5.36. The maximum absolute atomic E-state index is 12.3. The fourth-order valence-corrected chi connectivity index (χ4v) is 3.30. The summed E-state index contributed by atoms with van der Waals surface area (Å²) < 4.78 is 1.08. The van der Waals surface area contributed by atoms with Gasteiger partial charge in [0.15, 0.2) is 0 Å². The second kappa shape index (κ2) is 6.53. The summed E-state index contributed by atoms with van der Waals surface area (Å²) in [6.07, 6.45) is 1.62. The van der Waals surface area contributed by atoms with E-state index in [1.165, 1.54) is 5.56 Å². The molecule has 0 saturated carbocycles. The van der Waals surface area contributed by atoms with E-state index in [2.05, 4.69) is 28.9 Å². The van der Waals surface area contributed by atoms with Crippen LogP contribution in [0.3, 0.4) is 0 Å². The third-order valence-corrected chi connectivity index (χ3v) is 4.61. The minimum Gasteiger partial charge on any atom is -0.342 e. The van der Waals surface area contributed by atoms with Crippen molar-refractivity contribution in [1.29, 1.82) is 0 Å². The molecule has 2 unspecified atom stereocenters. The van der Waals surface area contributed by atoms with Gasteiger partial charge in [-0.1, -0.05) is 41.1 Å². The number of amides is 1. The maximum atomic E-state index is 12.3. The van der Waals surface area contributed by atoms with Gasteiger partial charge >= 0.3 is 0 Å². The molecule has 1 heterocycles. The topological polar surface area (TPSA) is 46.3 Å². The van der Waals surface area contributed by atoms with Crippen molar-refractivity contribution in [3.05, 3.63) is 34.3 Å². The molecule has 1 aromatic rings. The molecule has 0 radical (unpaired) electrons. The van der Waals surface area contributed by atoms with Crippen LogP contribution in [0.2, 0.25) is 0 Å². The molecule has 2 rings (SSSR count). The van der Waals surface area contributed by atoms with E-state index in [0.717, 1.165) is 24.0 Å². The van der Waals surface area contributed by atoms with Crippen LogP contribution in [0.25, 0.3) is 0 Å². The molecule has 19 heavy (non-hydrogen) atoms. The van der Waals surface area contributed by atoms with E-state index in [4.69, 9.17) is 5.73 Å². The lowest BCUT2D eigenvalue weighted by atomic mass is 9.97. The summed E-state index contributed by atoms with van der Waals surface area (Å²) in [6.45, 7) is 4.49. The molecule has 1 fully saturated rings. The Kier molecular flexibility index (Phi) is 4.99. The molecule has 1 amide bonds. The Morgan fingerprint density at radius 1 is 1.53 bits per heavy atom. The summed E-state index contributed by atoms with van der Waals surface area (Å²) in [5.74, 6) is 0.974. The van der Waals surface area contributed by atoms with Crippen molar-refractivity contribution < 1.29 is 4.79 Å². The zero-order valence-electron chi connectivity index (χ0n) is 11.3. The predicted molar refractivity (Wildman–Crippen MR) is 80.9 cm³/mol. The van der Waals surface area contributed by atoms with Crippen molar-refractivity contribution >= 4 is 21.8 Å². The highest BCUT2D eigenvalue weighted by atomic mass is 79.9. The number of hydrogen-bond acceptors (Lipinski definition) is 2.